The molecule has 11 heavy (non-hydrogen) atoms. The van der Waals surface area contributed by atoms with E-state index in [0.29, 0.717) is 0 Å². The first kappa shape index (κ1) is 10.4. The summed E-state index contributed by atoms with van der Waals surface area (Å²) in [5, 5.41) is 0. The van der Waals surface area contributed by atoms with Gasteiger partial charge in [-0.05, 0) is 0 Å². The van der Waals surface area contributed by atoms with Gasteiger partial charge >= 0.3 is 10.7 Å². The minimum Gasteiger partial charge on any atom is -0.329 e. The Balaban J connectivity index is 4.17. The summed E-state index contributed by atoms with van der Waals surface area (Å²) in [4.78, 5) is 7.83. The van der Waals surface area contributed by atoms with E-state index in [2.05, 4.69) is 5.92 Å². The molecule has 0 fully saturated rings. The van der Waals surface area contributed by atoms with Crippen LogP contribution in [0, 0.1) is 12.3 Å². The number of carbonyl (C=O) groups is 1. The number of terminal acetylenes is 1. The van der Waals surface area contributed by atoms with Crippen LogP contribution >= 0.6 is 15.9 Å². The summed E-state index contributed by atoms with van der Waals surface area (Å²) in [5.74, 6) is 0.734. The van der Waals surface area contributed by atoms with Crippen molar-refractivity contribution in [2.24, 2.45) is 0 Å². The zero-order chi connectivity index (χ0) is 9.07. The quantitative estimate of drug-likeness (QED) is 0.509. The number of amides is 1. The Hall–Kier alpha value is -0.630. The van der Waals surface area contributed by atoms with Gasteiger partial charge in [0.05, 0.1) is 6.54 Å². The van der Waals surface area contributed by atoms with Crippen LogP contribution < -0.4 is 0 Å². The Morgan fingerprint density at radius 2 is 2.27 bits per heavy atom. The Kier molecular flexibility index (Phi) is 3.46. The molecule has 0 radical (unpaired) electrons. The van der Waals surface area contributed by atoms with Crippen LogP contribution in [0.5, 0.6) is 0 Å². The molecule has 0 unspecified atom stereocenters. The average molecular weight is 226 g/mol. The van der Waals surface area contributed by atoms with Crippen LogP contribution in [0.4, 0.5) is 8.78 Å². The van der Waals surface area contributed by atoms with Crippen molar-refractivity contribution in [3.8, 4) is 12.3 Å². The number of carbonyl (C=O) groups excluding carboxylic acids is 1. The number of nitrogens with zero attached hydrogens (tertiary/aromatic N) is 1. The van der Waals surface area contributed by atoms with E-state index in [-0.39, 0.29) is 6.54 Å². The fourth-order valence-corrected chi connectivity index (χ4v) is 0.728. The van der Waals surface area contributed by atoms with Crippen LogP contribution in [0.1, 0.15) is 0 Å². The maximum Gasteiger partial charge on any atom is 0.377 e. The molecule has 2 nitrogen and oxygen atoms in total. The van der Waals surface area contributed by atoms with Crippen LogP contribution in [0.25, 0.3) is 0 Å². The van der Waals surface area contributed by atoms with Crippen molar-refractivity contribution in [2.75, 3.05) is 13.6 Å². The van der Waals surface area contributed by atoms with Gasteiger partial charge in [0, 0.05) is 23.0 Å². The van der Waals surface area contributed by atoms with E-state index in [1.165, 1.54) is 7.05 Å². The summed E-state index contributed by atoms with van der Waals surface area (Å²) in [6, 6.07) is 0. The number of hydrogen-bond donors (Lipinski definition) is 0. The normalized spacial score (nSPS) is 10.5. The van der Waals surface area contributed by atoms with Crippen molar-refractivity contribution < 1.29 is 13.6 Å². The van der Waals surface area contributed by atoms with Crippen LogP contribution in [-0.4, -0.2) is 29.2 Å². The van der Waals surface area contributed by atoms with E-state index in [1.54, 1.807) is 0 Å². The molecule has 0 bridgehead atoms. The van der Waals surface area contributed by atoms with E-state index >= 15 is 0 Å². The van der Waals surface area contributed by atoms with Crippen LogP contribution in [0.2, 0.25) is 0 Å². The highest BCUT2D eigenvalue weighted by molar-refractivity contribution is 9.10. The minimum atomic E-state index is -3.52. The molecule has 5 heteroatoms. The average Bonchev–Trinajstić information content (AvgIpc) is 1.85. The van der Waals surface area contributed by atoms with Crippen LogP contribution in [-0.2, 0) is 4.79 Å². The van der Waals surface area contributed by atoms with Crippen molar-refractivity contribution in [1.82, 2.24) is 4.90 Å². The second-order valence-electron chi connectivity index (χ2n) is 1.86. The molecule has 0 N–H and O–H groups in total. The van der Waals surface area contributed by atoms with Crippen LogP contribution in [0.15, 0.2) is 0 Å². The molecule has 0 saturated carbocycles. The van der Waals surface area contributed by atoms with E-state index < -0.39 is 10.7 Å². The molecular weight excluding hydrogens is 220 g/mol. The number of rotatable bonds is 2. The van der Waals surface area contributed by atoms with E-state index in [9.17, 15) is 13.6 Å². The van der Waals surface area contributed by atoms with Gasteiger partial charge in [-0.2, -0.15) is 8.78 Å². The summed E-state index contributed by atoms with van der Waals surface area (Å²) < 4.78 is 24.3. The van der Waals surface area contributed by atoms with Crippen LogP contribution in [0.3, 0.4) is 0 Å². The van der Waals surface area contributed by atoms with Gasteiger partial charge in [0.25, 0.3) is 0 Å². The molecule has 0 heterocycles. The fourth-order valence-electron chi connectivity index (χ4n) is 0.425. The summed E-state index contributed by atoms with van der Waals surface area (Å²) in [5.41, 5.74) is 0. The van der Waals surface area contributed by atoms with Gasteiger partial charge in [0.2, 0.25) is 0 Å². The summed E-state index contributed by atoms with van der Waals surface area (Å²) in [6.45, 7) is -0.125. The third kappa shape index (κ3) is 3.33. The van der Waals surface area contributed by atoms with Crippen molar-refractivity contribution in [3.05, 3.63) is 0 Å². The van der Waals surface area contributed by atoms with E-state index in [4.69, 9.17) is 6.42 Å². The van der Waals surface area contributed by atoms with Gasteiger partial charge in [0.15, 0.2) is 0 Å². The number of halogens is 3. The van der Waals surface area contributed by atoms with E-state index in [1.807, 2.05) is 15.9 Å². The molecule has 0 rings (SSSR count). The lowest BCUT2D eigenvalue weighted by Gasteiger charge is -2.16. The van der Waals surface area contributed by atoms with Crippen molar-refractivity contribution >= 4 is 21.8 Å². The lowest BCUT2D eigenvalue weighted by atomic mass is 10.5. The predicted molar refractivity (Wildman–Crippen MR) is 40.3 cm³/mol. The van der Waals surface area contributed by atoms with Gasteiger partial charge in [0.1, 0.15) is 0 Å². The Morgan fingerprint density at radius 1 is 1.82 bits per heavy atom. The molecule has 0 aliphatic carbocycles. The summed E-state index contributed by atoms with van der Waals surface area (Å²) in [7, 11) is 1.21. The molecule has 1 amide bonds. The number of alkyl halides is 3. The van der Waals surface area contributed by atoms with E-state index in [0.717, 1.165) is 4.90 Å². The smallest absolute Gasteiger partial charge is 0.329 e. The largest absolute Gasteiger partial charge is 0.377 e. The first-order chi connectivity index (χ1) is 4.89. The van der Waals surface area contributed by atoms with Gasteiger partial charge in [-0.1, -0.05) is 5.92 Å². The second kappa shape index (κ2) is 3.67. The molecule has 0 atom stereocenters. The second-order valence-corrected chi connectivity index (χ2v) is 2.86. The standard InChI is InChI=1S/C6H6BrF2NO/c1-3-4-10(2)5(11)6(7,8)9/h1H,4H2,2H3. The molecule has 0 aromatic carbocycles. The topological polar surface area (TPSA) is 20.3 Å². The van der Waals surface area contributed by atoms with Crippen molar-refractivity contribution in [1.29, 1.82) is 0 Å². The highest BCUT2D eigenvalue weighted by atomic mass is 79.9. The highest BCUT2D eigenvalue weighted by Gasteiger charge is 2.37. The minimum absolute atomic E-state index is 0.125. The number of hydrogen-bond acceptors (Lipinski definition) is 1. The Morgan fingerprint density at radius 3 is 2.55 bits per heavy atom. The van der Waals surface area contributed by atoms with Gasteiger partial charge < -0.3 is 4.90 Å². The third-order valence-corrected chi connectivity index (χ3v) is 1.26. The van der Waals surface area contributed by atoms with Gasteiger partial charge in [-0.3, -0.25) is 4.79 Å². The lowest BCUT2D eigenvalue weighted by Crippen LogP contribution is -2.37. The van der Waals surface area contributed by atoms with Crippen molar-refractivity contribution in [2.45, 2.75) is 4.83 Å². The Bertz CT molecular complexity index is 194. The molecule has 0 saturated heterocycles. The van der Waals surface area contributed by atoms with Gasteiger partial charge in [-0.25, -0.2) is 0 Å². The highest BCUT2D eigenvalue weighted by Crippen LogP contribution is 2.23. The summed E-state index contributed by atoms with van der Waals surface area (Å²) >= 11 is 1.92. The molecule has 0 spiro atoms. The molecular formula is C6H6BrF2NO. The molecule has 0 aromatic heterocycles. The molecule has 0 aliphatic heterocycles. The summed E-state index contributed by atoms with van der Waals surface area (Å²) in [6.07, 6.45) is 4.81. The lowest BCUT2D eigenvalue weighted by molar-refractivity contribution is -0.143. The first-order valence-corrected chi connectivity index (χ1v) is 3.44. The first-order valence-electron chi connectivity index (χ1n) is 2.65. The third-order valence-electron chi connectivity index (χ3n) is 0.918. The Labute approximate surface area is 71.7 Å². The molecule has 0 aliphatic rings. The monoisotopic (exact) mass is 225 g/mol. The maximum absolute atomic E-state index is 12.1. The zero-order valence-electron chi connectivity index (χ0n) is 5.77. The SMILES string of the molecule is C#CCN(C)C(=O)C(F)(F)Br. The maximum atomic E-state index is 12.1. The fraction of sp³-hybridized carbons (Fsp3) is 0.500. The zero-order valence-corrected chi connectivity index (χ0v) is 7.36. The molecule has 62 valence electrons. The predicted octanol–water partition coefficient (Wildman–Crippen LogP) is 1.07. The van der Waals surface area contributed by atoms with Gasteiger partial charge in [-0.15, -0.1) is 6.42 Å². The molecule has 0 aromatic rings. The van der Waals surface area contributed by atoms with Crippen molar-refractivity contribution in [3.63, 3.8) is 0 Å².